The van der Waals surface area contributed by atoms with Gasteiger partial charge in [-0.2, -0.15) is 0 Å². The number of carbonyl (C=O) groups is 4. The molecule has 222 valence electrons. The normalized spacial score (nSPS) is 13.3. The Labute approximate surface area is 247 Å². The first-order valence-electron chi connectivity index (χ1n) is 12.9. The number of rotatable bonds is 3. The predicted molar refractivity (Wildman–Crippen MR) is 151 cm³/mol. The van der Waals surface area contributed by atoms with Gasteiger partial charge in [0.15, 0.2) is 11.6 Å². The van der Waals surface area contributed by atoms with Gasteiger partial charge in [0.25, 0.3) is 0 Å². The van der Waals surface area contributed by atoms with Crippen LogP contribution in [-0.2, 0) is 0 Å². The van der Waals surface area contributed by atoms with Gasteiger partial charge in [-0.15, -0.1) is 0 Å². The number of phenolic OH excluding ortho intramolecular Hbond substituents is 6. The van der Waals surface area contributed by atoms with Crippen LogP contribution in [0, 0.1) is 13.8 Å². The molecule has 0 unspecified atom stereocenters. The number of hydrogen-bond donors (Lipinski definition) is 6. The molecule has 0 aromatic heterocycles. The van der Waals surface area contributed by atoms with Crippen LogP contribution in [0.1, 0.15) is 74.8 Å². The van der Waals surface area contributed by atoms with E-state index in [1.54, 1.807) is 0 Å². The molecule has 0 heterocycles. The van der Waals surface area contributed by atoms with Gasteiger partial charge in [-0.25, -0.2) is 0 Å². The van der Waals surface area contributed by atoms with Crippen LogP contribution in [0.3, 0.4) is 0 Å². The number of hydrogen-bond acceptors (Lipinski definition) is 12. The zero-order chi connectivity index (χ0) is 32.1. The topological polar surface area (TPSA) is 208 Å². The summed E-state index contributed by atoms with van der Waals surface area (Å²) in [5, 5.41) is 65.4. The van der Waals surface area contributed by atoms with E-state index in [1.165, 1.54) is 13.8 Å². The van der Waals surface area contributed by atoms with E-state index in [4.69, 9.17) is 9.47 Å². The number of ether oxygens (including phenoxy) is 2. The van der Waals surface area contributed by atoms with E-state index in [0.717, 1.165) is 38.5 Å². The summed E-state index contributed by atoms with van der Waals surface area (Å²) in [6.45, 7) is 2.84. The molecule has 12 heteroatoms. The maximum Gasteiger partial charge on any atom is 0.202 e. The second kappa shape index (κ2) is 9.23. The lowest BCUT2D eigenvalue weighted by Crippen LogP contribution is -2.23. The molecule has 0 atom stereocenters. The Morgan fingerprint density at radius 3 is 1.09 bits per heavy atom. The summed E-state index contributed by atoms with van der Waals surface area (Å²) in [6, 6.07) is 4.33. The summed E-state index contributed by atoms with van der Waals surface area (Å²) < 4.78 is 10.8. The fourth-order valence-electron chi connectivity index (χ4n) is 5.91. The predicted octanol–water partition coefficient (Wildman–Crippen LogP) is 3.77. The lowest BCUT2D eigenvalue weighted by Gasteiger charge is -2.26. The second-order valence-corrected chi connectivity index (χ2v) is 10.4. The number of aryl methyl sites for hydroxylation is 2. The molecule has 6 rings (SSSR count). The monoisotopic (exact) mass is 598 g/mol. The molecule has 0 saturated heterocycles. The summed E-state index contributed by atoms with van der Waals surface area (Å²) in [7, 11) is 2.33. The van der Waals surface area contributed by atoms with E-state index in [-0.39, 0.29) is 33.8 Å². The number of aromatic hydroxyl groups is 6. The Morgan fingerprint density at radius 1 is 0.432 bits per heavy atom. The summed E-state index contributed by atoms with van der Waals surface area (Å²) >= 11 is 0. The molecular weight excluding hydrogens is 576 g/mol. The second-order valence-electron chi connectivity index (χ2n) is 10.4. The minimum absolute atomic E-state index is 0.123. The first-order chi connectivity index (χ1) is 20.8. The fraction of sp³-hybridized carbons (Fsp3) is 0.125. The third-order valence-electron chi connectivity index (χ3n) is 8.01. The molecular formula is C32H22O12. The highest BCUT2D eigenvalue weighted by Crippen LogP contribution is 2.55. The lowest BCUT2D eigenvalue weighted by atomic mass is 9.78. The van der Waals surface area contributed by atoms with Crippen LogP contribution in [0.4, 0.5) is 0 Å². The van der Waals surface area contributed by atoms with Gasteiger partial charge in [0, 0.05) is 11.1 Å². The summed E-state index contributed by atoms with van der Waals surface area (Å²) in [4.78, 5) is 54.4. The first-order valence-corrected chi connectivity index (χ1v) is 12.9. The van der Waals surface area contributed by atoms with Crippen LogP contribution in [0.25, 0.3) is 11.1 Å². The molecule has 0 aliphatic heterocycles. The quantitative estimate of drug-likeness (QED) is 0.161. The number of methoxy groups -OCH3 is 2. The lowest BCUT2D eigenvalue weighted by molar-refractivity contribution is 0.0971. The Balaban J connectivity index is 1.67. The summed E-state index contributed by atoms with van der Waals surface area (Å²) in [5.41, 5.74) is -4.57. The number of benzene rings is 4. The molecule has 6 N–H and O–H groups in total. The van der Waals surface area contributed by atoms with Crippen LogP contribution in [0.2, 0.25) is 0 Å². The molecule has 4 aromatic rings. The largest absolute Gasteiger partial charge is 0.507 e. The highest BCUT2D eigenvalue weighted by Gasteiger charge is 2.43. The first kappa shape index (κ1) is 28.1. The molecule has 0 radical (unpaired) electrons. The molecule has 0 amide bonds. The molecule has 4 aromatic carbocycles. The van der Waals surface area contributed by atoms with Crippen molar-refractivity contribution in [1.29, 1.82) is 0 Å². The van der Waals surface area contributed by atoms with Crippen molar-refractivity contribution in [1.82, 2.24) is 0 Å². The highest BCUT2D eigenvalue weighted by atomic mass is 16.5. The molecule has 2 aliphatic carbocycles. The van der Waals surface area contributed by atoms with Crippen molar-refractivity contribution in [2.75, 3.05) is 14.2 Å². The number of fused-ring (bicyclic) bond motifs is 4. The number of carbonyl (C=O) groups excluding carboxylic acids is 4. The van der Waals surface area contributed by atoms with Crippen molar-refractivity contribution in [2.45, 2.75) is 13.8 Å². The molecule has 12 nitrogen and oxygen atoms in total. The van der Waals surface area contributed by atoms with E-state index in [9.17, 15) is 49.8 Å². The minimum Gasteiger partial charge on any atom is -0.507 e. The zero-order valence-electron chi connectivity index (χ0n) is 23.4. The number of ketones is 4. The Kier molecular flexibility index (Phi) is 5.89. The van der Waals surface area contributed by atoms with Gasteiger partial charge in [-0.1, -0.05) is 0 Å². The van der Waals surface area contributed by atoms with Crippen LogP contribution >= 0.6 is 0 Å². The van der Waals surface area contributed by atoms with E-state index in [2.05, 4.69) is 0 Å². The van der Waals surface area contributed by atoms with E-state index in [1.807, 2.05) is 0 Å². The summed E-state index contributed by atoms with van der Waals surface area (Å²) in [6.07, 6.45) is 0. The molecule has 0 bridgehead atoms. The molecule has 44 heavy (non-hydrogen) atoms. The molecule has 2 aliphatic rings. The molecule has 0 spiro atoms. The van der Waals surface area contributed by atoms with Gasteiger partial charge in [0.05, 0.1) is 58.7 Å². The van der Waals surface area contributed by atoms with E-state index >= 15 is 0 Å². The van der Waals surface area contributed by atoms with Crippen molar-refractivity contribution in [3.63, 3.8) is 0 Å². The van der Waals surface area contributed by atoms with Crippen molar-refractivity contribution >= 4 is 23.1 Å². The number of phenols is 6. The van der Waals surface area contributed by atoms with Crippen molar-refractivity contribution in [2.24, 2.45) is 0 Å². The summed E-state index contributed by atoms with van der Waals surface area (Å²) in [5.74, 6) is -8.54. The van der Waals surface area contributed by atoms with Crippen molar-refractivity contribution in [3.8, 4) is 57.1 Å². The highest BCUT2D eigenvalue weighted by molar-refractivity contribution is 6.33. The third kappa shape index (κ3) is 3.38. The fourth-order valence-corrected chi connectivity index (χ4v) is 5.91. The van der Waals surface area contributed by atoms with Crippen LogP contribution in [-0.4, -0.2) is 68.0 Å². The molecule has 0 saturated carbocycles. The average molecular weight is 599 g/mol. The molecule has 0 fully saturated rings. The van der Waals surface area contributed by atoms with Crippen molar-refractivity contribution in [3.05, 3.63) is 79.9 Å². The third-order valence-corrected chi connectivity index (χ3v) is 8.01. The van der Waals surface area contributed by atoms with Crippen LogP contribution in [0.5, 0.6) is 46.0 Å². The van der Waals surface area contributed by atoms with Gasteiger partial charge >= 0.3 is 0 Å². The standard InChI is InChI=1S/C32H22O12/c1-9-5-13(33)19-23(25(9)35)27(37)11-7-15(43-3)21(31(41)17(11)29(19)39)22-16(44-4)8-12-18(32(22)42)30(40)20-14(34)6-10(2)26(36)24(20)28(12)38/h5-8,33-36,41-42H,1-4H3. The Hall–Kier alpha value is -6.04. The SMILES string of the molecule is COc1cc2c(c(O)c1-c1c(OC)cc3c(c1O)C(=O)c1c(O)cc(C)c(O)c1C3=O)C(=O)c1c(O)cc(C)c(O)c1C2=O. The van der Waals surface area contributed by atoms with Gasteiger partial charge < -0.3 is 40.1 Å². The Morgan fingerprint density at radius 2 is 0.773 bits per heavy atom. The van der Waals surface area contributed by atoms with Gasteiger partial charge in [-0.3, -0.25) is 19.2 Å². The maximum atomic E-state index is 13.7. The smallest absolute Gasteiger partial charge is 0.202 e. The van der Waals surface area contributed by atoms with Crippen LogP contribution < -0.4 is 9.47 Å². The maximum absolute atomic E-state index is 13.7. The Bertz CT molecular complexity index is 1940. The average Bonchev–Trinajstić information content (AvgIpc) is 2.97. The van der Waals surface area contributed by atoms with Crippen LogP contribution in [0.15, 0.2) is 24.3 Å². The van der Waals surface area contributed by atoms with E-state index < -0.39 is 102 Å². The zero-order valence-corrected chi connectivity index (χ0v) is 23.4. The van der Waals surface area contributed by atoms with Gasteiger partial charge in [-0.05, 0) is 49.2 Å². The van der Waals surface area contributed by atoms with E-state index in [0.29, 0.717) is 0 Å². The van der Waals surface area contributed by atoms with Crippen molar-refractivity contribution < 1.29 is 59.3 Å². The van der Waals surface area contributed by atoms with Gasteiger partial charge in [0.1, 0.15) is 46.0 Å². The van der Waals surface area contributed by atoms with Gasteiger partial charge in [0.2, 0.25) is 11.6 Å². The minimum atomic E-state index is -1.03.